The molecule has 0 aromatic carbocycles. The molecule has 0 spiro atoms. The van der Waals surface area contributed by atoms with Gasteiger partial charge in [0.05, 0.1) is 6.61 Å². The normalized spacial score (nSPS) is 30.9. The maximum absolute atomic E-state index is 8.94. The number of aliphatic hydroxyl groups excluding tert-OH is 1. The SMILES string of the molecule is CCCN1CC(C)N(CCO)CC1C. The number of nitrogens with zero attached hydrogens (tertiary/aromatic N) is 2. The first-order chi connectivity index (χ1) is 6.69. The van der Waals surface area contributed by atoms with Crippen LogP contribution in [0, 0.1) is 0 Å². The van der Waals surface area contributed by atoms with E-state index in [9.17, 15) is 0 Å². The van der Waals surface area contributed by atoms with Crippen molar-refractivity contribution >= 4 is 0 Å². The lowest BCUT2D eigenvalue weighted by Crippen LogP contribution is -2.56. The molecule has 1 saturated heterocycles. The van der Waals surface area contributed by atoms with Gasteiger partial charge in [0.2, 0.25) is 0 Å². The Morgan fingerprint density at radius 3 is 2.00 bits per heavy atom. The fraction of sp³-hybridized carbons (Fsp3) is 1.00. The summed E-state index contributed by atoms with van der Waals surface area (Å²) in [5.41, 5.74) is 0. The van der Waals surface area contributed by atoms with Crippen molar-refractivity contribution in [2.75, 3.05) is 32.8 Å². The van der Waals surface area contributed by atoms with Crippen molar-refractivity contribution in [1.29, 1.82) is 0 Å². The summed E-state index contributed by atoms with van der Waals surface area (Å²) in [6, 6.07) is 1.22. The Morgan fingerprint density at radius 2 is 1.57 bits per heavy atom. The van der Waals surface area contributed by atoms with Gasteiger partial charge in [-0.15, -0.1) is 0 Å². The molecule has 0 aromatic rings. The summed E-state index contributed by atoms with van der Waals surface area (Å²) in [6.07, 6.45) is 1.23. The number of β-amino-alcohol motifs (C(OH)–C–C–N with tert-alkyl or cyclic N) is 1. The topological polar surface area (TPSA) is 26.7 Å². The summed E-state index contributed by atoms with van der Waals surface area (Å²) in [7, 11) is 0. The van der Waals surface area contributed by atoms with Gasteiger partial charge >= 0.3 is 0 Å². The molecule has 1 aliphatic heterocycles. The van der Waals surface area contributed by atoms with Crippen LogP contribution in [0.15, 0.2) is 0 Å². The Kier molecular flexibility index (Phi) is 4.85. The minimum absolute atomic E-state index is 0.283. The zero-order chi connectivity index (χ0) is 10.6. The lowest BCUT2D eigenvalue weighted by atomic mass is 10.1. The number of hydrogen-bond donors (Lipinski definition) is 1. The molecule has 14 heavy (non-hydrogen) atoms. The largest absolute Gasteiger partial charge is 0.395 e. The van der Waals surface area contributed by atoms with Crippen molar-refractivity contribution in [1.82, 2.24) is 9.80 Å². The van der Waals surface area contributed by atoms with Crippen LogP contribution in [0.5, 0.6) is 0 Å². The summed E-state index contributed by atoms with van der Waals surface area (Å²) < 4.78 is 0. The molecule has 0 bridgehead atoms. The van der Waals surface area contributed by atoms with E-state index in [1.165, 1.54) is 13.0 Å². The second kappa shape index (κ2) is 5.69. The van der Waals surface area contributed by atoms with Crippen molar-refractivity contribution in [3.8, 4) is 0 Å². The molecule has 0 aliphatic carbocycles. The van der Waals surface area contributed by atoms with Gasteiger partial charge in [-0.25, -0.2) is 0 Å². The van der Waals surface area contributed by atoms with Crippen LogP contribution < -0.4 is 0 Å². The van der Waals surface area contributed by atoms with Gasteiger partial charge in [-0.1, -0.05) is 6.92 Å². The van der Waals surface area contributed by atoms with Crippen LogP contribution in [0.4, 0.5) is 0 Å². The van der Waals surface area contributed by atoms with Crippen LogP contribution in [0.1, 0.15) is 27.2 Å². The van der Waals surface area contributed by atoms with Crippen LogP contribution in [-0.2, 0) is 0 Å². The molecule has 0 radical (unpaired) electrons. The highest BCUT2D eigenvalue weighted by atomic mass is 16.3. The van der Waals surface area contributed by atoms with Gasteiger partial charge in [-0.3, -0.25) is 9.80 Å². The fourth-order valence-electron chi connectivity index (χ4n) is 2.31. The van der Waals surface area contributed by atoms with Crippen molar-refractivity contribution < 1.29 is 5.11 Å². The van der Waals surface area contributed by atoms with Gasteiger partial charge in [0.15, 0.2) is 0 Å². The van der Waals surface area contributed by atoms with Crippen LogP contribution in [0.3, 0.4) is 0 Å². The third kappa shape index (κ3) is 2.94. The molecule has 0 amide bonds. The molecule has 0 aromatic heterocycles. The van der Waals surface area contributed by atoms with Crippen LogP contribution in [0.2, 0.25) is 0 Å². The Hall–Kier alpha value is -0.120. The van der Waals surface area contributed by atoms with Crippen molar-refractivity contribution in [3.05, 3.63) is 0 Å². The van der Waals surface area contributed by atoms with Gasteiger partial charge in [-0.05, 0) is 26.8 Å². The van der Waals surface area contributed by atoms with Gasteiger partial charge in [0.1, 0.15) is 0 Å². The number of rotatable bonds is 4. The first kappa shape index (κ1) is 12.0. The highest BCUT2D eigenvalue weighted by Crippen LogP contribution is 2.14. The third-order valence-corrected chi connectivity index (χ3v) is 3.14. The molecular formula is C11H24N2O. The Labute approximate surface area is 87.7 Å². The standard InChI is InChI=1S/C11H24N2O/c1-4-5-12-8-11(3)13(6-7-14)9-10(12)2/h10-11,14H,4-9H2,1-3H3. The number of aliphatic hydroxyl groups is 1. The summed E-state index contributed by atoms with van der Waals surface area (Å²) in [6.45, 7) is 11.3. The Bertz CT molecular complexity index is 145. The summed E-state index contributed by atoms with van der Waals surface area (Å²) >= 11 is 0. The lowest BCUT2D eigenvalue weighted by Gasteiger charge is -2.44. The van der Waals surface area contributed by atoms with E-state index in [0.29, 0.717) is 12.1 Å². The molecule has 1 rings (SSSR count). The van der Waals surface area contributed by atoms with Crippen LogP contribution in [-0.4, -0.2) is 59.8 Å². The van der Waals surface area contributed by atoms with Gasteiger partial charge in [0, 0.05) is 31.7 Å². The minimum Gasteiger partial charge on any atom is -0.395 e. The molecule has 0 saturated carbocycles. The molecule has 3 nitrogen and oxygen atoms in total. The molecule has 3 heteroatoms. The minimum atomic E-state index is 0.283. The highest BCUT2D eigenvalue weighted by molar-refractivity contribution is 4.83. The summed E-state index contributed by atoms with van der Waals surface area (Å²) in [5, 5.41) is 8.94. The van der Waals surface area contributed by atoms with E-state index in [4.69, 9.17) is 5.11 Å². The summed E-state index contributed by atoms with van der Waals surface area (Å²) in [4.78, 5) is 4.94. The average molecular weight is 200 g/mol. The van der Waals surface area contributed by atoms with E-state index in [1.54, 1.807) is 0 Å². The zero-order valence-corrected chi connectivity index (χ0v) is 9.74. The monoisotopic (exact) mass is 200 g/mol. The molecule has 1 N–H and O–H groups in total. The number of piperazine rings is 1. The van der Waals surface area contributed by atoms with E-state index in [2.05, 4.69) is 30.6 Å². The predicted octanol–water partition coefficient (Wildman–Crippen LogP) is 0.783. The third-order valence-electron chi connectivity index (χ3n) is 3.14. The molecule has 1 heterocycles. The van der Waals surface area contributed by atoms with Crippen LogP contribution >= 0.6 is 0 Å². The quantitative estimate of drug-likeness (QED) is 0.726. The maximum Gasteiger partial charge on any atom is 0.0558 e. The van der Waals surface area contributed by atoms with Crippen molar-refractivity contribution in [2.45, 2.75) is 39.3 Å². The van der Waals surface area contributed by atoms with Gasteiger partial charge < -0.3 is 5.11 Å². The van der Waals surface area contributed by atoms with Crippen molar-refractivity contribution in [2.24, 2.45) is 0 Å². The second-order valence-electron chi connectivity index (χ2n) is 4.41. The van der Waals surface area contributed by atoms with E-state index in [0.717, 1.165) is 19.6 Å². The maximum atomic E-state index is 8.94. The van der Waals surface area contributed by atoms with Gasteiger partial charge in [0.25, 0.3) is 0 Å². The van der Waals surface area contributed by atoms with E-state index >= 15 is 0 Å². The molecule has 1 aliphatic rings. The fourth-order valence-corrected chi connectivity index (χ4v) is 2.31. The lowest BCUT2D eigenvalue weighted by molar-refractivity contribution is 0.0329. The zero-order valence-electron chi connectivity index (χ0n) is 9.74. The Morgan fingerprint density at radius 1 is 1.07 bits per heavy atom. The molecule has 84 valence electrons. The highest BCUT2D eigenvalue weighted by Gasteiger charge is 2.27. The van der Waals surface area contributed by atoms with E-state index in [-0.39, 0.29) is 6.61 Å². The molecule has 1 fully saturated rings. The first-order valence-electron chi connectivity index (χ1n) is 5.78. The van der Waals surface area contributed by atoms with E-state index in [1.807, 2.05) is 0 Å². The smallest absolute Gasteiger partial charge is 0.0558 e. The first-order valence-corrected chi connectivity index (χ1v) is 5.78. The molecule has 2 unspecified atom stereocenters. The Balaban J connectivity index is 2.44. The van der Waals surface area contributed by atoms with Crippen LogP contribution in [0.25, 0.3) is 0 Å². The molecular weight excluding hydrogens is 176 g/mol. The number of hydrogen-bond acceptors (Lipinski definition) is 3. The van der Waals surface area contributed by atoms with E-state index < -0.39 is 0 Å². The second-order valence-corrected chi connectivity index (χ2v) is 4.41. The van der Waals surface area contributed by atoms with Gasteiger partial charge in [-0.2, -0.15) is 0 Å². The molecule has 2 atom stereocenters. The predicted molar refractivity (Wildman–Crippen MR) is 59.4 cm³/mol. The van der Waals surface area contributed by atoms with Crippen molar-refractivity contribution in [3.63, 3.8) is 0 Å². The summed E-state index contributed by atoms with van der Waals surface area (Å²) in [5.74, 6) is 0. The average Bonchev–Trinajstić information content (AvgIpc) is 2.14.